The molecule has 2 aromatic carbocycles. The van der Waals surface area contributed by atoms with Crippen molar-refractivity contribution in [1.82, 2.24) is 10.2 Å². The molecule has 10 heteroatoms. The van der Waals surface area contributed by atoms with E-state index < -0.39 is 28.4 Å². The Balaban J connectivity index is 1.91. The molecule has 1 heterocycles. The number of benzene rings is 2. The predicted octanol–water partition coefficient (Wildman–Crippen LogP) is 4.36. The molecule has 0 spiro atoms. The van der Waals surface area contributed by atoms with Crippen molar-refractivity contribution in [2.75, 3.05) is 33.4 Å². The molecule has 0 bridgehead atoms. The van der Waals surface area contributed by atoms with E-state index >= 15 is 0 Å². The first-order chi connectivity index (χ1) is 15.4. The number of likely N-dealkylation sites (tertiary alicyclic amines) is 1. The zero-order valence-electron chi connectivity index (χ0n) is 17.9. The smallest absolute Gasteiger partial charge is 0.286 e. The van der Waals surface area contributed by atoms with Crippen LogP contribution in [0.15, 0.2) is 30.3 Å². The summed E-state index contributed by atoms with van der Waals surface area (Å²) in [6, 6.07) is 6.40. The van der Waals surface area contributed by atoms with E-state index in [9.17, 15) is 19.3 Å². The van der Waals surface area contributed by atoms with Crippen LogP contribution in [-0.4, -0.2) is 49.1 Å². The maximum absolute atomic E-state index is 14.6. The van der Waals surface area contributed by atoms with Gasteiger partial charge in [-0.05, 0) is 45.0 Å². The van der Waals surface area contributed by atoms with Crippen LogP contribution in [0.1, 0.15) is 41.7 Å². The predicted molar refractivity (Wildman–Crippen MR) is 118 cm³/mol. The summed E-state index contributed by atoms with van der Waals surface area (Å²) in [5, 5.41) is 14.6. The number of nitro groups is 1. The Bertz CT molecular complexity index is 978. The van der Waals surface area contributed by atoms with Gasteiger partial charge in [0.25, 0.3) is 11.6 Å². The fourth-order valence-electron chi connectivity index (χ4n) is 3.89. The quantitative estimate of drug-likeness (QED) is 0.437. The van der Waals surface area contributed by atoms with Crippen molar-refractivity contribution in [1.29, 1.82) is 0 Å². The minimum Gasteiger partial charge on any atom is -0.493 e. The van der Waals surface area contributed by atoms with E-state index in [0.717, 1.165) is 32.0 Å². The molecule has 1 aliphatic rings. The van der Waals surface area contributed by atoms with Crippen LogP contribution >= 0.6 is 11.6 Å². The van der Waals surface area contributed by atoms with Crippen LogP contribution < -0.4 is 14.8 Å². The van der Waals surface area contributed by atoms with Crippen molar-refractivity contribution in [3.8, 4) is 11.5 Å². The maximum atomic E-state index is 14.6. The van der Waals surface area contributed by atoms with E-state index in [0.29, 0.717) is 5.56 Å². The van der Waals surface area contributed by atoms with Gasteiger partial charge in [0.15, 0.2) is 11.5 Å². The van der Waals surface area contributed by atoms with Gasteiger partial charge in [0.2, 0.25) is 0 Å². The summed E-state index contributed by atoms with van der Waals surface area (Å²) in [5.74, 6) is -0.753. The number of halogens is 2. The molecule has 1 fully saturated rings. The summed E-state index contributed by atoms with van der Waals surface area (Å²) in [4.78, 5) is 26.0. The lowest BCUT2D eigenvalue weighted by Gasteiger charge is -2.29. The molecule has 1 atom stereocenters. The summed E-state index contributed by atoms with van der Waals surface area (Å²) < 4.78 is 25.3. The summed E-state index contributed by atoms with van der Waals surface area (Å²) in [6.45, 7) is 3.55. The summed E-state index contributed by atoms with van der Waals surface area (Å²) in [6.07, 6.45) is 1.91. The number of nitrogens with one attached hydrogen (secondary N) is 1. The van der Waals surface area contributed by atoms with Gasteiger partial charge in [-0.3, -0.25) is 19.8 Å². The molecule has 0 aromatic heterocycles. The zero-order chi connectivity index (χ0) is 23.3. The minimum atomic E-state index is -0.669. The molecule has 3 rings (SSSR count). The molecule has 8 nitrogen and oxygen atoms in total. The van der Waals surface area contributed by atoms with Crippen LogP contribution in [0, 0.1) is 15.9 Å². The highest BCUT2D eigenvalue weighted by Gasteiger charge is 2.30. The lowest BCUT2D eigenvalue weighted by Crippen LogP contribution is -2.37. The number of carbonyl (C=O) groups excluding carboxylic acids is 1. The summed E-state index contributed by atoms with van der Waals surface area (Å²) >= 11 is 6.29. The topological polar surface area (TPSA) is 93.9 Å². The molecule has 0 saturated carbocycles. The number of methoxy groups -OCH3 is 1. The van der Waals surface area contributed by atoms with E-state index in [1.54, 1.807) is 13.0 Å². The molecule has 1 saturated heterocycles. The van der Waals surface area contributed by atoms with Gasteiger partial charge in [-0.1, -0.05) is 17.7 Å². The minimum absolute atomic E-state index is 0.0344. The molecule has 2 aromatic rings. The molecule has 0 aliphatic carbocycles. The van der Waals surface area contributed by atoms with Crippen LogP contribution in [0.4, 0.5) is 10.1 Å². The number of carbonyl (C=O) groups is 1. The van der Waals surface area contributed by atoms with E-state index in [-0.39, 0.29) is 35.2 Å². The summed E-state index contributed by atoms with van der Waals surface area (Å²) in [5.41, 5.74) is -0.279. The fourth-order valence-corrected chi connectivity index (χ4v) is 4.18. The molecule has 172 valence electrons. The van der Waals surface area contributed by atoms with E-state index in [1.807, 2.05) is 0 Å². The number of ether oxygens (including phenoxy) is 2. The van der Waals surface area contributed by atoms with Crippen molar-refractivity contribution >= 4 is 23.2 Å². The highest BCUT2D eigenvalue weighted by Crippen LogP contribution is 2.35. The number of hydrogen-bond donors (Lipinski definition) is 1. The largest absolute Gasteiger partial charge is 0.493 e. The molecule has 1 unspecified atom stereocenters. The molecule has 1 aliphatic heterocycles. The second kappa shape index (κ2) is 10.6. The lowest BCUT2D eigenvalue weighted by molar-refractivity contribution is -0.385. The molecule has 32 heavy (non-hydrogen) atoms. The average Bonchev–Trinajstić information content (AvgIpc) is 3.30. The van der Waals surface area contributed by atoms with Gasteiger partial charge < -0.3 is 14.8 Å². The summed E-state index contributed by atoms with van der Waals surface area (Å²) in [7, 11) is 1.36. The lowest BCUT2D eigenvalue weighted by atomic mass is 10.0. The maximum Gasteiger partial charge on any atom is 0.286 e. The number of hydrogen-bond acceptors (Lipinski definition) is 6. The number of amides is 1. The van der Waals surface area contributed by atoms with Gasteiger partial charge in [0.05, 0.1) is 30.7 Å². The monoisotopic (exact) mass is 465 g/mol. The van der Waals surface area contributed by atoms with Crippen molar-refractivity contribution in [3.05, 3.63) is 62.4 Å². The van der Waals surface area contributed by atoms with Crippen LogP contribution in [0.3, 0.4) is 0 Å². The first kappa shape index (κ1) is 23.7. The third-order valence-corrected chi connectivity index (χ3v) is 5.72. The third kappa shape index (κ3) is 5.11. The van der Waals surface area contributed by atoms with Gasteiger partial charge in [-0.2, -0.15) is 0 Å². The van der Waals surface area contributed by atoms with Crippen LogP contribution in [0.2, 0.25) is 5.02 Å². The second-order valence-electron chi connectivity index (χ2n) is 7.31. The van der Waals surface area contributed by atoms with E-state index in [2.05, 4.69) is 10.2 Å². The third-order valence-electron chi connectivity index (χ3n) is 5.39. The van der Waals surface area contributed by atoms with Gasteiger partial charge in [-0.25, -0.2) is 4.39 Å². The van der Waals surface area contributed by atoms with Crippen LogP contribution in [0.5, 0.6) is 11.5 Å². The second-order valence-corrected chi connectivity index (χ2v) is 7.72. The highest BCUT2D eigenvalue weighted by molar-refractivity contribution is 6.31. The van der Waals surface area contributed by atoms with Gasteiger partial charge in [0.1, 0.15) is 11.4 Å². The Morgan fingerprint density at radius 3 is 2.62 bits per heavy atom. The number of nitro benzene ring substituents is 1. The molecule has 0 radical (unpaired) electrons. The SMILES string of the molecule is CCOc1cc(C(=O)NCC(c2c(F)cccc2Cl)N2CCCC2)c([N+](=O)[O-])cc1OC. The first-order valence-corrected chi connectivity index (χ1v) is 10.7. The van der Waals surface area contributed by atoms with Crippen LogP contribution in [-0.2, 0) is 0 Å². The Kier molecular flexibility index (Phi) is 7.87. The van der Waals surface area contributed by atoms with Crippen molar-refractivity contribution < 1.29 is 23.6 Å². The van der Waals surface area contributed by atoms with Gasteiger partial charge in [-0.15, -0.1) is 0 Å². The Morgan fingerprint density at radius 2 is 2.03 bits per heavy atom. The normalized spacial score (nSPS) is 14.8. The Hall–Kier alpha value is -2.91. The Morgan fingerprint density at radius 1 is 1.31 bits per heavy atom. The molecule has 1 N–H and O–H groups in total. The van der Waals surface area contributed by atoms with Gasteiger partial charge >= 0.3 is 0 Å². The molecular weight excluding hydrogens is 441 g/mol. The first-order valence-electron chi connectivity index (χ1n) is 10.3. The molecule has 1 amide bonds. The van der Waals surface area contributed by atoms with Crippen molar-refractivity contribution in [3.63, 3.8) is 0 Å². The van der Waals surface area contributed by atoms with Crippen molar-refractivity contribution in [2.24, 2.45) is 0 Å². The highest BCUT2D eigenvalue weighted by atomic mass is 35.5. The van der Waals surface area contributed by atoms with E-state index in [1.165, 1.54) is 25.3 Å². The van der Waals surface area contributed by atoms with E-state index in [4.69, 9.17) is 21.1 Å². The molecular formula is C22H25ClFN3O5. The zero-order valence-corrected chi connectivity index (χ0v) is 18.7. The number of nitrogens with zero attached hydrogens (tertiary/aromatic N) is 2. The average molecular weight is 466 g/mol. The number of rotatable bonds is 9. The van der Waals surface area contributed by atoms with Crippen molar-refractivity contribution in [2.45, 2.75) is 25.8 Å². The van der Waals surface area contributed by atoms with Crippen LogP contribution in [0.25, 0.3) is 0 Å². The standard InChI is InChI=1S/C22H25ClFN3O5/c1-3-32-20-11-14(17(27(29)30)12-19(20)31-2)22(28)25-13-18(26-9-4-5-10-26)21-15(23)7-6-8-16(21)24/h6-8,11-12,18H,3-5,9-10,13H2,1-2H3,(H,25,28). The van der Waals surface area contributed by atoms with Gasteiger partial charge in [0, 0.05) is 23.2 Å². The fraction of sp³-hybridized carbons (Fsp3) is 0.409. The Labute approximate surface area is 190 Å².